The molecule has 4 aliphatic carbocycles. The molecule has 4 bridgehead atoms. The lowest BCUT2D eigenvalue weighted by Gasteiger charge is -2.63. The van der Waals surface area contributed by atoms with Crippen LogP contribution in [0.5, 0.6) is 11.5 Å². The van der Waals surface area contributed by atoms with E-state index in [9.17, 15) is 0 Å². The maximum absolute atomic E-state index is 6.82. The van der Waals surface area contributed by atoms with Crippen molar-refractivity contribution >= 4 is 51.4 Å². The second kappa shape index (κ2) is 17.5. The summed E-state index contributed by atoms with van der Waals surface area (Å²) in [6, 6.07) is 64.4. The van der Waals surface area contributed by atoms with Crippen molar-refractivity contribution in [2.45, 2.75) is 37.5 Å². The lowest BCUT2D eigenvalue weighted by atomic mass is 9.33. The minimum absolute atomic E-state index is 0.0608. The van der Waals surface area contributed by atoms with Crippen LogP contribution in [0.1, 0.15) is 37.7 Å². The van der Waals surface area contributed by atoms with Crippen molar-refractivity contribution in [1.82, 2.24) is 14.4 Å². The highest BCUT2D eigenvalue weighted by Crippen LogP contribution is 2.66. The second-order valence-electron chi connectivity index (χ2n) is 20.6. The Morgan fingerprint density at radius 2 is 1.19 bits per heavy atom. The zero-order chi connectivity index (χ0) is 47.6. The standard InChI is InChI=1S/C65H54BN5O/c1-3-16-46(17-4-1)54-23-14-24-55(47-18-5-2-6-19-47)64(54)69-59-26-9-8-25-58(59)68-51-20-13-21-52(42-51)72-53-29-30-57-56-22-7-10-27-60(56)71(61(57)43-53)63-41-48(31-33-67-63)65(49-37-44-36-45(39-49)40-50(65)38-44)62-28-15-35-70-34-12-11-32-66(62)70/h1-35,41-45,49-50,68-69H,36-40H2. The first kappa shape index (κ1) is 42.6. The highest BCUT2D eigenvalue weighted by Gasteiger charge is 2.61. The highest BCUT2D eigenvalue weighted by atomic mass is 16.5. The lowest BCUT2D eigenvalue weighted by molar-refractivity contribution is -0.0411. The molecular formula is C65H54BN5O. The molecule has 0 spiro atoms. The molecule has 4 fully saturated rings. The van der Waals surface area contributed by atoms with E-state index in [0.717, 1.165) is 85.2 Å². The van der Waals surface area contributed by atoms with Crippen LogP contribution < -0.4 is 15.4 Å². The molecule has 7 heteroatoms. The quantitative estimate of drug-likeness (QED) is 0.127. The Labute approximate surface area is 421 Å². The molecule has 2 N–H and O–H groups in total. The summed E-state index contributed by atoms with van der Waals surface area (Å²) in [5, 5.41) is 9.99. The zero-order valence-electron chi connectivity index (χ0n) is 40.1. The number of rotatable bonds is 11. The molecule has 0 amide bonds. The van der Waals surface area contributed by atoms with Crippen molar-refractivity contribution < 1.29 is 4.74 Å². The second-order valence-corrected chi connectivity index (χ2v) is 20.6. The maximum Gasteiger partial charge on any atom is 0.316 e. The number of nitrogens with one attached hydrogen (secondary N) is 2. The molecule has 0 unspecified atom stereocenters. The molecule has 2 aliphatic heterocycles. The number of hydrogen-bond donors (Lipinski definition) is 2. The number of aromatic nitrogens is 2. The van der Waals surface area contributed by atoms with E-state index in [-0.39, 0.29) is 12.3 Å². The van der Waals surface area contributed by atoms with E-state index in [1.807, 2.05) is 12.1 Å². The number of pyridine rings is 1. The van der Waals surface area contributed by atoms with Gasteiger partial charge in [-0.2, -0.15) is 0 Å². The fourth-order valence-corrected chi connectivity index (χ4v) is 13.9. The number of nitrogens with zero attached hydrogens (tertiary/aromatic N) is 3. The predicted molar refractivity (Wildman–Crippen MR) is 297 cm³/mol. The summed E-state index contributed by atoms with van der Waals surface area (Å²) in [6.45, 7) is 0.220. The fraction of sp³-hybridized carbons (Fsp3) is 0.154. The Morgan fingerprint density at radius 1 is 0.542 bits per heavy atom. The van der Waals surface area contributed by atoms with E-state index in [1.165, 1.54) is 48.4 Å². The summed E-state index contributed by atoms with van der Waals surface area (Å²) in [4.78, 5) is 7.64. The van der Waals surface area contributed by atoms with Crippen LogP contribution in [-0.4, -0.2) is 21.2 Å². The van der Waals surface area contributed by atoms with Crippen LogP contribution in [0.2, 0.25) is 0 Å². The minimum atomic E-state index is -0.0608. The first-order valence-corrected chi connectivity index (χ1v) is 25.8. The predicted octanol–water partition coefficient (Wildman–Crippen LogP) is 16.4. The summed E-state index contributed by atoms with van der Waals surface area (Å²) in [5.74, 6) is 7.79. The van der Waals surface area contributed by atoms with E-state index in [1.54, 1.807) is 5.47 Å². The molecule has 2 aromatic heterocycles. The first-order valence-electron chi connectivity index (χ1n) is 25.8. The van der Waals surface area contributed by atoms with Gasteiger partial charge < -0.3 is 20.2 Å². The van der Waals surface area contributed by atoms with Gasteiger partial charge in [-0.25, -0.2) is 4.98 Å². The van der Waals surface area contributed by atoms with Gasteiger partial charge in [-0.05, 0) is 152 Å². The van der Waals surface area contributed by atoms with Crippen molar-refractivity contribution in [2.75, 3.05) is 10.6 Å². The normalized spacial score (nSPS) is 21.5. The molecule has 0 atom stereocenters. The van der Waals surface area contributed by atoms with E-state index >= 15 is 0 Å². The van der Waals surface area contributed by atoms with Crippen LogP contribution in [0, 0.1) is 23.7 Å². The number of ether oxygens (including phenoxy) is 1. The third-order valence-electron chi connectivity index (χ3n) is 16.6. The number of allylic oxidation sites excluding steroid dienone is 5. The van der Waals surface area contributed by atoms with Gasteiger partial charge in [0.2, 0.25) is 0 Å². The topological polar surface area (TPSA) is 54.4 Å². The highest BCUT2D eigenvalue weighted by molar-refractivity contribution is 6.70. The number of para-hydroxylation sites is 4. The van der Waals surface area contributed by atoms with Gasteiger partial charge >= 0.3 is 6.85 Å². The molecule has 15 rings (SSSR count). The van der Waals surface area contributed by atoms with Crippen LogP contribution in [0.25, 0.3) is 49.9 Å². The number of hydrogen-bond acceptors (Lipinski definition) is 5. The molecule has 9 aromatic rings. The monoisotopic (exact) mass is 931 g/mol. The average Bonchev–Trinajstić information content (AvgIpc) is 3.76. The Hall–Kier alpha value is -8.29. The van der Waals surface area contributed by atoms with Gasteiger partial charge in [0.05, 0.1) is 28.1 Å². The van der Waals surface area contributed by atoms with Crippen LogP contribution in [0.15, 0.2) is 236 Å². The van der Waals surface area contributed by atoms with Crippen LogP contribution in [0.4, 0.5) is 22.7 Å². The van der Waals surface area contributed by atoms with E-state index in [0.29, 0.717) is 11.8 Å². The summed E-state index contributed by atoms with van der Waals surface area (Å²) >= 11 is 0. The maximum atomic E-state index is 6.82. The van der Waals surface area contributed by atoms with Crippen LogP contribution in [-0.2, 0) is 5.41 Å². The van der Waals surface area contributed by atoms with Gasteiger partial charge in [-0.1, -0.05) is 139 Å². The zero-order valence-corrected chi connectivity index (χ0v) is 40.1. The summed E-state index contributed by atoms with van der Waals surface area (Å²) < 4.78 is 9.19. The number of benzene rings is 7. The summed E-state index contributed by atoms with van der Waals surface area (Å²) in [7, 11) is 0. The molecule has 0 saturated heterocycles. The van der Waals surface area contributed by atoms with Gasteiger partial charge in [0, 0.05) is 51.3 Å². The average molecular weight is 932 g/mol. The van der Waals surface area contributed by atoms with E-state index in [4.69, 9.17) is 9.72 Å². The Bertz CT molecular complexity index is 3580. The fourth-order valence-electron chi connectivity index (χ4n) is 13.9. The Kier molecular flexibility index (Phi) is 10.4. The van der Waals surface area contributed by atoms with Gasteiger partial charge in [0.15, 0.2) is 0 Å². The van der Waals surface area contributed by atoms with Gasteiger partial charge in [0.25, 0.3) is 0 Å². The molecule has 4 heterocycles. The molecule has 7 aromatic carbocycles. The van der Waals surface area contributed by atoms with Crippen molar-refractivity contribution in [3.05, 3.63) is 242 Å². The van der Waals surface area contributed by atoms with Gasteiger partial charge in [-0.15, -0.1) is 0 Å². The van der Waals surface area contributed by atoms with Crippen molar-refractivity contribution in [3.63, 3.8) is 0 Å². The minimum Gasteiger partial charge on any atom is -0.457 e. The lowest BCUT2D eigenvalue weighted by Crippen LogP contribution is -2.60. The molecule has 0 radical (unpaired) electrons. The summed E-state index contributed by atoms with van der Waals surface area (Å²) in [6.07, 6.45) is 22.4. The molecule has 4 saturated carbocycles. The van der Waals surface area contributed by atoms with Gasteiger partial charge in [0.1, 0.15) is 17.3 Å². The van der Waals surface area contributed by atoms with E-state index in [2.05, 4.69) is 239 Å². The van der Waals surface area contributed by atoms with Crippen LogP contribution >= 0.6 is 0 Å². The molecule has 72 heavy (non-hydrogen) atoms. The molecule has 348 valence electrons. The third kappa shape index (κ3) is 7.20. The Balaban J connectivity index is 0.803. The molecule has 6 nitrogen and oxygen atoms in total. The van der Waals surface area contributed by atoms with E-state index < -0.39 is 0 Å². The summed E-state index contributed by atoms with van der Waals surface area (Å²) in [5.41, 5.74) is 13.6. The number of anilines is 4. The third-order valence-corrected chi connectivity index (χ3v) is 16.6. The van der Waals surface area contributed by atoms with Crippen molar-refractivity contribution in [3.8, 4) is 39.6 Å². The Morgan fingerprint density at radius 3 is 1.96 bits per heavy atom. The molecular weight excluding hydrogens is 878 g/mol. The smallest absolute Gasteiger partial charge is 0.316 e. The van der Waals surface area contributed by atoms with Crippen molar-refractivity contribution in [2.24, 2.45) is 23.7 Å². The van der Waals surface area contributed by atoms with Crippen LogP contribution in [0.3, 0.4) is 0 Å². The first-order chi connectivity index (χ1) is 35.6. The SMILES string of the molecule is C1=CB2C(C3(c4ccnc(-n5c6ccccc6c6ccc(Oc7cccc(Nc8ccccc8Nc8c(-c9ccccc9)cccc8-c8ccccc8)c7)cc65)c4)C4CC5CC(C4)CC3C5)=CC=CN2C=C1. The number of fused-ring (bicyclic) bond motifs is 4. The largest absolute Gasteiger partial charge is 0.457 e. The van der Waals surface area contributed by atoms with Crippen molar-refractivity contribution in [1.29, 1.82) is 0 Å². The van der Waals surface area contributed by atoms with Gasteiger partial charge in [-0.3, -0.25) is 4.57 Å². The molecule has 6 aliphatic rings.